The Morgan fingerprint density at radius 1 is 1.03 bits per heavy atom. The second-order valence-electron chi connectivity index (χ2n) is 6.93. The van der Waals surface area contributed by atoms with Crippen molar-refractivity contribution < 1.29 is 9.18 Å². The van der Waals surface area contributed by atoms with Crippen LogP contribution in [-0.2, 0) is 11.2 Å². The number of hydrogen-bond acceptors (Lipinski definition) is 4. The van der Waals surface area contributed by atoms with Crippen molar-refractivity contribution >= 4 is 17.2 Å². The molecule has 0 spiro atoms. The van der Waals surface area contributed by atoms with Gasteiger partial charge in [-0.15, -0.1) is 11.3 Å². The van der Waals surface area contributed by atoms with E-state index in [2.05, 4.69) is 9.97 Å². The summed E-state index contributed by atoms with van der Waals surface area (Å²) in [6.07, 6.45) is 3.67. The molecule has 0 aliphatic rings. The van der Waals surface area contributed by atoms with E-state index in [9.17, 15) is 9.18 Å². The molecule has 0 fully saturated rings. The van der Waals surface area contributed by atoms with Crippen LogP contribution in [0.15, 0.2) is 84.5 Å². The van der Waals surface area contributed by atoms with Gasteiger partial charge in [-0.05, 0) is 35.4 Å². The molecule has 0 bridgehead atoms. The van der Waals surface area contributed by atoms with Crippen LogP contribution < -0.4 is 0 Å². The van der Waals surface area contributed by atoms with Crippen LogP contribution in [0.1, 0.15) is 22.9 Å². The van der Waals surface area contributed by atoms with Gasteiger partial charge in [0.15, 0.2) is 0 Å². The molecule has 0 radical (unpaired) electrons. The van der Waals surface area contributed by atoms with Crippen molar-refractivity contribution in [1.82, 2.24) is 14.9 Å². The first-order valence-electron chi connectivity index (χ1n) is 9.52. The zero-order valence-electron chi connectivity index (χ0n) is 16.4. The second-order valence-corrected chi connectivity index (χ2v) is 7.79. The Kier molecular flexibility index (Phi) is 5.95. The molecule has 1 atom stereocenters. The topological polar surface area (TPSA) is 46.1 Å². The minimum atomic E-state index is -0.310. The lowest BCUT2D eigenvalue weighted by Gasteiger charge is -2.29. The van der Waals surface area contributed by atoms with E-state index in [1.807, 2.05) is 47.8 Å². The summed E-state index contributed by atoms with van der Waals surface area (Å²) in [4.78, 5) is 23.5. The van der Waals surface area contributed by atoms with Crippen molar-refractivity contribution in [1.29, 1.82) is 0 Å². The van der Waals surface area contributed by atoms with E-state index in [0.717, 1.165) is 27.4 Å². The molecule has 4 nitrogen and oxygen atoms in total. The van der Waals surface area contributed by atoms with Gasteiger partial charge in [-0.3, -0.25) is 9.78 Å². The van der Waals surface area contributed by atoms with Crippen LogP contribution in [0, 0.1) is 5.82 Å². The van der Waals surface area contributed by atoms with Gasteiger partial charge in [-0.1, -0.05) is 42.5 Å². The van der Waals surface area contributed by atoms with Crippen molar-refractivity contribution in [3.05, 3.63) is 107 Å². The molecule has 0 N–H and O–H groups in total. The highest BCUT2D eigenvalue weighted by atomic mass is 32.1. The number of nitrogens with zero attached hydrogens (tertiary/aromatic N) is 3. The van der Waals surface area contributed by atoms with Crippen molar-refractivity contribution in [3.8, 4) is 10.6 Å². The number of pyridine rings is 1. The second kappa shape index (κ2) is 8.97. The summed E-state index contributed by atoms with van der Waals surface area (Å²) < 4.78 is 13.4. The number of likely N-dealkylation sites (N-methyl/N-ethyl adjacent to an activating group) is 1. The maximum Gasteiger partial charge on any atom is 0.229 e. The van der Waals surface area contributed by atoms with Gasteiger partial charge in [0.2, 0.25) is 5.91 Å². The molecule has 0 saturated carbocycles. The number of aromatic nitrogens is 2. The van der Waals surface area contributed by atoms with Crippen LogP contribution in [0.2, 0.25) is 0 Å². The maximum atomic E-state index is 13.4. The van der Waals surface area contributed by atoms with Crippen LogP contribution in [-0.4, -0.2) is 27.8 Å². The standard InChI is InChI=1S/C24H20FN3OS/c1-28(22(29)14-21-16-30-24(27-21)19-8-5-13-26-15-19)23(17-6-3-2-4-7-17)18-9-11-20(25)12-10-18/h2-13,15-16,23H,14H2,1H3. The van der Waals surface area contributed by atoms with Crippen molar-refractivity contribution in [2.45, 2.75) is 12.5 Å². The van der Waals surface area contributed by atoms with E-state index in [1.54, 1.807) is 36.5 Å². The van der Waals surface area contributed by atoms with Crippen LogP contribution in [0.3, 0.4) is 0 Å². The lowest BCUT2D eigenvalue weighted by atomic mass is 9.97. The highest BCUT2D eigenvalue weighted by Crippen LogP contribution is 2.29. The Bertz CT molecular complexity index is 1110. The van der Waals surface area contributed by atoms with Gasteiger partial charge in [0.25, 0.3) is 0 Å². The average Bonchev–Trinajstić information content (AvgIpc) is 3.25. The van der Waals surface area contributed by atoms with Gasteiger partial charge < -0.3 is 4.90 Å². The van der Waals surface area contributed by atoms with Crippen molar-refractivity contribution in [3.63, 3.8) is 0 Å². The largest absolute Gasteiger partial charge is 0.334 e. The Balaban J connectivity index is 1.57. The summed E-state index contributed by atoms with van der Waals surface area (Å²) in [5.41, 5.74) is 3.48. The van der Waals surface area contributed by atoms with Crippen LogP contribution >= 0.6 is 11.3 Å². The average molecular weight is 418 g/mol. The van der Waals surface area contributed by atoms with Crippen LogP contribution in [0.5, 0.6) is 0 Å². The molecule has 2 aromatic carbocycles. The predicted molar refractivity (Wildman–Crippen MR) is 117 cm³/mol. The van der Waals surface area contributed by atoms with Crippen molar-refractivity contribution in [2.75, 3.05) is 7.05 Å². The first-order chi connectivity index (χ1) is 14.6. The number of benzene rings is 2. The Morgan fingerprint density at radius 3 is 2.47 bits per heavy atom. The fourth-order valence-corrected chi connectivity index (χ4v) is 4.16. The maximum absolute atomic E-state index is 13.4. The summed E-state index contributed by atoms with van der Waals surface area (Å²) in [5.74, 6) is -0.360. The molecule has 0 saturated heterocycles. The molecule has 30 heavy (non-hydrogen) atoms. The molecule has 6 heteroatoms. The quantitative estimate of drug-likeness (QED) is 0.437. The molecule has 0 aliphatic carbocycles. The lowest BCUT2D eigenvalue weighted by Crippen LogP contribution is -2.33. The Labute approximate surface area is 178 Å². The smallest absolute Gasteiger partial charge is 0.229 e. The number of carbonyl (C=O) groups is 1. The van der Waals surface area contributed by atoms with Gasteiger partial charge in [0, 0.05) is 30.4 Å². The third kappa shape index (κ3) is 4.44. The third-order valence-corrected chi connectivity index (χ3v) is 5.81. The fraction of sp³-hybridized carbons (Fsp3) is 0.125. The van der Waals surface area contributed by atoms with Gasteiger partial charge in [-0.2, -0.15) is 0 Å². The zero-order chi connectivity index (χ0) is 20.9. The molecule has 2 aromatic heterocycles. The summed E-state index contributed by atoms with van der Waals surface area (Å²) in [7, 11) is 1.78. The molecule has 150 valence electrons. The Morgan fingerprint density at radius 2 is 1.77 bits per heavy atom. The summed E-state index contributed by atoms with van der Waals surface area (Å²) >= 11 is 1.50. The number of halogens is 1. The first-order valence-corrected chi connectivity index (χ1v) is 10.4. The number of carbonyl (C=O) groups excluding carboxylic acids is 1. The SMILES string of the molecule is CN(C(=O)Cc1csc(-c2cccnc2)n1)C(c1ccccc1)c1ccc(F)cc1. The zero-order valence-corrected chi connectivity index (χ0v) is 17.2. The van der Waals surface area contributed by atoms with Gasteiger partial charge >= 0.3 is 0 Å². The molecule has 4 aromatic rings. The first kappa shape index (κ1) is 19.9. The molecule has 1 amide bonds. The van der Waals surface area contributed by atoms with E-state index in [0.29, 0.717) is 0 Å². The molecular weight excluding hydrogens is 397 g/mol. The van der Waals surface area contributed by atoms with Gasteiger partial charge in [-0.25, -0.2) is 9.37 Å². The van der Waals surface area contributed by atoms with E-state index in [1.165, 1.54) is 23.5 Å². The van der Waals surface area contributed by atoms with Crippen molar-refractivity contribution in [2.24, 2.45) is 0 Å². The minimum absolute atomic E-state index is 0.0591. The minimum Gasteiger partial charge on any atom is -0.334 e. The van der Waals surface area contributed by atoms with Crippen LogP contribution in [0.25, 0.3) is 10.6 Å². The number of amides is 1. The van der Waals surface area contributed by atoms with E-state index in [-0.39, 0.29) is 24.2 Å². The predicted octanol–water partition coefficient (Wildman–Crippen LogP) is 5.13. The molecule has 1 unspecified atom stereocenters. The number of rotatable bonds is 6. The number of hydrogen-bond donors (Lipinski definition) is 0. The van der Waals surface area contributed by atoms with E-state index >= 15 is 0 Å². The highest BCUT2D eigenvalue weighted by Gasteiger charge is 2.24. The molecular formula is C24H20FN3OS. The fourth-order valence-electron chi connectivity index (χ4n) is 3.35. The molecule has 0 aliphatic heterocycles. The normalized spacial score (nSPS) is 11.8. The van der Waals surface area contributed by atoms with E-state index in [4.69, 9.17) is 0 Å². The van der Waals surface area contributed by atoms with Crippen LogP contribution in [0.4, 0.5) is 4.39 Å². The number of thiazole rings is 1. The molecule has 4 rings (SSSR count). The lowest BCUT2D eigenvalue weighted by molar-refractivity contribution is -0.130. The summed E-state index contributed by atoms with van der Waals surface area (Å²) in [6.45, 7) is 0. The van der Waals surface area contributed by atoms with Gasteiger partial charge in [0.1, 0.15) is 10.8 Å². The monoisotopic (exact) mass is 417 g/mol. The summed E-state index contributed by atoms with van der Waals surface area (Å²) in [5, 5.41) is 2.75. The van der Waals surface area contributed by atoms with E-state index < -0.39 is 0 Å². The van der Waals surface area contributed by atoms with Gasteiger partial charge in [0.05, 0.1) is 18.2 Å². The Hall–Kier alpha value is -3.38. The third-order valence-electron chi connectivity index (χ3n) is 4.87. The highest BCUT2D eigenvalue weighted by molar-refractivity contribution is 7.13. The molecule has 2 heterocycles. The summed E-state index contributed by atoms with van der Waals surface area (Å²) in [6, 6.07) is 19.5.